The van der Waals surface area contributed by atoms with Gasteiger partial charge >= 0.3 is 17.8 Å². The van der Waals surface area contributed by atoms with Crippen molar-refractivity contribution in [2.75, 3.05) is 6.54 Å². The minimum atomic E-state index is -0.892. The Hall–Kier alpha value is -1.59. The third kappa shape index (κ3) is 2.63. The highest BCUT2D eigenvalue weighted by Crippen LogP contribution is 2.53. The average molecular weight is 327 g/mol. The Morgan fingerprint density at radius 2 is 1.62 bits per heavy atom. The van der Waals surface area contributed by atoms with Gasteiger partial charge in [-0.3, -0.25) is 19.4 Å². The van der Waals surface area contributed by atoms with Gasteiger partial charge in [-0.05, 0) is 12.0 Å². The zero-order chi connectivity index (χ0) is 15.2. The number of imide groups is 2. The van der Waals surface area contributed by atoms with Crippen LogP contribution in [0.2, 0.25) is 0 Å². The first-order valence-electron chi connectivity index (χ1n) is 6.49. The van der Waals surface area contributed by atoms with Crippen LogP contribution in [0.1, 0.15) is 12.0 Å². The normalized spacial score (nSPS) is 23.9. The van der Waals surface area contributed by atoms with Gasteiger partial charge in [0.2, 0.25) is 0 Å². The molecule has 1 saturated carbocycles. The highest BCUT2D eigenvalue weighted by Gasteiger charge is 2.55. The number of hydrogen-bond acceptors (Lipinski definition) is 3. The molecule has 1 heterocycles. The summed E-state index contributed by atoms with van der Waals surface area (Å²) in [5.41, 5.74) is 0.782. The predicted molar refractivity (Wildman–Crippen MR) is 76.6 cm³/mol. The molecule has 0 unspecified atom stereocenters. The van der Waals surface area contributed by atoms with E-state index in [1.165, 1.54) is 0 Å². The smallest absolute Gasteiger partial charge is 0.263 e. The van der Waals surface area contributed by atoms with Gasteiger partial charge in [0.15, 0.2) is 0 Å². The van der Waals surface area contributed by atoms with Crippen LogP contribution in [0, 0.1) is 5.92 Å². The van der Waals surface area contributed by atoms with Gasteiger partial charge in [0.05, 0.1) is 6.54 Å². The Bertz CT molecular complexity index is 618. The first kappa shape index (κ1) is 14.4. The third-order valence-electron chi connectivity index (χ3n) is 3.68. The maximum absolute atomic E-state index is 12.2. The van der Waals surface area contributed by atoms with Crippen molar-refractivity contribution in [3.8, 4) is 0 Å². The van der Waals surface area contributed by atoms with Crippen LogP contribution in [-0.2, 0) is 16.1 Å². The van der Waals surface area contributed by atoms with Gasteiger partial charge in [-0.25, -0.2) is 4.79 Å². The number of carbonyl (C=O) groups excluding carboxylic acids is 3. The number of benzene rings is 1. The number of nitrogens with zero attached hydrogens (tertiary/aromatic N) is 2. The summed E-state index contributed by atoms with van der Waals surface area (Å²) in [6.07, 6.45) is 0.514. The summed E-state index contributed by atoms with van der Waals surface area (Å²) in [6.45, 7) is 0.167. The van der Waals surface area contributed by atoms with Crippen molar-refractivity contribution in [1.29, 1.82) is 0 Å². The topological polar surface area (TPSA) is 57.7 Å². The van der Waals surface area contributed by atoms with E-state index in [4.69, 9.17) is 23.2 Å². The van der Waals surface area contributed by atoms with Crippen LogP contribution in [-0.4, -0.2) is 38.5 Å². The number of alkyl halides is 2. The van der Waals surface area contributed by atoms with Gasteiger partial charge in [0.1, 0.15) is 4.33 Å². The van der Waals surface area contributed by atoms with Crippen molar-refractivity contribution >= 4 is 41.0 Å². The standard InChI is InChI=1S/C14H12Cl2N2O3/c15-14(16)6-10(14)8-18-12(20)11(19)17(13(18)21)7-9-4-2-1-3-5-9/h1-5,10H,6-8H2/t10-/m0/s1. The molecule has 110 valence electrons. The summed E-state index contributed by atoms with van der Waals surface area (Å²) in [7, 11) is 0. The Morgan fingerprint density at radius 1 is 1.05 bits per heavy atom. The van der Waals surface area contributed by atoms with E-state index in [9.17, 15) is 14.4 Å². The Kier molecular flexibility index (Phi) is 3.42. The molecule has 7 heteroatoms. The van der Waals surface area contributed by atoms with Crippen LogP contribution in [0.25, 0.3) is 0 Å². The maximum atomic E-state index is 12.2. The van der Waals surface area contributed by atoms with E-state index in [1.54, 1.807) is 24.3 Å². The first-order valence-corrected chi connectivity index (χ1v) is 7.25. The van der Waals surface area contributed by atoms with Gasteiger partial charge in [-0.2, -0.15) is 0 Å². The molecule has 0 spiro atoms. The number of rotatable bonds is 4. The second kappa shape index (κ2) is 5.00. The van der Waals surface area contributed by atoms with E-state index >= 15 is 0 Å². The number of urea groups is 1. The summed E-state index contributed by atoms with van der Waals surface area (Å²) < 4.78 is -0.892. The molecule has 1 saturated heterocycles. The van der Waals surface area contributed by atoms with Crippen LogP contribution in [0.4, 0.5) is 4.79 Å². The molecule has 1 atom stereocenters. The predicted octanol–water partition coefficient (Wildman–Crippen LogP) is 2.17. The Labute approximate surface area is 131 Å². The van der Waals surface area contributed by atoms with E-state index in [2.05, 4.69) is 0 Å². The molecule has 4 amide bonds. The van der Waals surface area contributed by atoms with Crippen molar-refractivity contribution in [3.05, 3.63) is 35.9 Å². The zero-order valence-electron chi connectivity index (χ0n) is 11.0. The number of hydrogen-bond donors (Lipinski definition) is 0. The minimum absolute atomic E-state index is 0.0817. The molecule has 0 bridgehead atoms. The van der Waals surface area contributed by atoms with Crippen LogP contribution in [0.3, 0.4) is 0 Å². The molecule has 0 aromatic heterocycles. The van der Waals surface area contributed by atoms with Gasteiger partial charge < -0.3 is 0 Å². The molecule has 2 fully saturated rings. The van der Waals surface area contributed by atoms with Crippen molar-refractivity contribution in [3.63, 3.8) is 0 Å². The number of amides is 4. The molecule has 2 aliphatic rings. The lowest BCUT2D eigenvalue weighted by Crippen LogP contribution is -2.35. The lowest BCUT2D eigenvalue weighted by atomic mass is 10.2. The second-order valence-electron chi connectivity index (χ2n) is 5.24. The van der Waals surface area contributed by atoms with Gasteiger partial charge in [0.25, 0.3) is 0 Å². The molecule has 0 radical (unpaired) electrons. The summed E-state index contributed by atoms with van der Waals surface area (Å²) in [6, 6.07) is 8.42. The zero-order valence-corrected chi connectivity index (χ0v) is 12.5. The highest BCUT2D eigenvalue weighted by molar-refractivity contribution is 6.51. The van der Waals surface area contributed by atoms with Gasteiger partial charge in [-0.1, -0.05) is 30.3 Å². The summed E-state index contributed by atoms with van der Waals surface area (Å²) in [5.74, 6) is -1.79. The van der Waals surface area contributed by atoms with Crippen LogP contribution in [0.15, 0.2) is 30.3 Å². The van der Waals surface area contributed by atoms with E-state index < -0.39 is 22.2 Å². The van der Waals surface area contributed by atoms with E-state index in [0.717, 1.165) is 15.4 Å². The fourth-order valence-corrected chi connectivity index (χ4v) is 2.82. The van der Waals surface area contributed by atoms with Crippen molar-refractivity contribution in [2.24, 2.45) is 5.92 Å². The Morgan fingerprint density at radius 3 is 2.19 bits per heavy atom. The van der Waals surface area contributed by atoms with Gasteiger partial charge in [0, 0.05) is 12.5 Å². The third-order valence-corrected chi connectivity index (χ3v) is 4.60. The van der Waals surface area contributed by atoms with Crippen LogP contribution >= 0.6 is 23.2 Å². The lowest BCUT2D eigenvalue weighted by molar-refractivity contribution is -0.143. The molecule has 21 heavy (non-hydrogen) atoms. The molecule has 1 aliphatic heterocycles. The SMILES string of the molecule is O=C1C(=O)N(C[C@@H]2CC2(Cl)Cl)C(=O)N1Cc1ccccc1. The van der Waals surface area contributed by atoms with E-state index in [-0.39, 0.29) is 19.0 Å². The molecule has 3 rings (SSSR count). The molecule has 1 aromatic carbocycles. The van der Waals surface area contributed by atoms with E-state index in [1.807, 2.05) is 6.07 Å². The lowest BCUT2D eigenvalue weighted by Gasteiger charge is -2.15. The largest absolute Gasteiger partial charge is 0.334 e. The van der Waals surface area contributed by atoms with Crippen molar-refractivity contribution < 1.29 is 14.4 Å². The van der Waals surface area contributed by atoms with Crippen LogP contribution < -0.4 is 0 Å². The second-order valence-corrected chi connectivity index (χ2v) is 6.78. The maximum Gasteiger partial charge on any atom is 0.334 e. The fraction of sp³-hybridized carbons (Fsp3) is 0.357. The van der Waals surface area contributed by atoms with Crippen molar-refractivity contribution in [2.45, 2.75) is 17.3 Å². The summed E-state index contributed by atoms with van der Waals surface area (Å²) >= 11 is 11.8. The monoisotopic (exact) mass is 326 g/mol. The molecule has 1 aromatic rings. The van der Waals surface area contributed by atoms with Gasteiger partial charge in [-0.15, -0.1) is 23.2 Å². The minimum Gasteiger partial charge on any atom is -0.263 e. The summed E-state index contributed by atoms with van der Waals surface area (Å²) in [4.78, 5) is 38.0. The highest BCUT2D eigenvalue weighted by atomic mass is 35.5. The molecular formula is C14H12Cl2N2O3. The molecule has 0 N–H and O–H groups in total. The Balaban J connectivity index is 1.73. The first-order chi connectivity index (χ1) is 9.90. The molecular weight excluding hydrogens is 315 g/mol. The summed E-state index contributed by atoms with van der Waals surface area (Å²) in [5, 5.41) is 0. The number of carbonyl (C=O) groups is 3. The average Bonchev–Trinajstić information content (AvgIpc) is 3.02. The van der Waals surface area contributed by atoms with Crippen LogP contribution in [0.5, 0.6) is 0 Å². The number of halogens is 2. The molecule has 5 nitrogen and oxygen atoms in total. The van der Waals surface area contributed by atoms with E-state index in [0.29, 0.717) is 6.42 Å². The van der Waals surface area contributed by atoms with Crippen molar-refractivity contribution in [1.82, 2.24) is 9.80 Å². The fourth-order valence-electron chi connectivity index (χ4n) is 2.30. The molecule has 1 aliphatic carbocycles. The quantitative estimate of drug-likeness (QED) is 0.484.